The van der Waals surface area contributed by atoms with Gasteiger partial charge in [0.1, 0.15) is 5.52 Å². The summed E-state index contributed by atoms with van der Waals surface area (Å²) < 4.78 is 1.73. The van der Waals surface area contributed by atoms with Gasteiger partial charge in [-0.1, -0.05) is 38.8 Å². The van der Waals surface area contributed by atoms with Gasteiger partial charge >= 0.3 is 0 Å². The number of amides is 1. The molecule has 4 rings (SSSR count). The smallest absolute Gasteiger partial charge is 0.275 e. The van der Waals surface area contributed by atoms with E-state index in [9.17, 15) is 9.59 Å². The quantitative estimate of drug-likeness (QED) is 0.434. The summed E-state index contributed by atoms with van der Waals surface area (Å²) >= 11 is 0. The predicted molar refractivity (Wildman–Crippen MR) is 156 cm³/mol. The van der Waals surface area contributed by atoms with Crippen LogP contribution in [-0.2, 0) is 6.54 Å². The van der Waals surface area contributed by atoms with Crippen molar-refractivity contribution in [1.82, 2.24) is 19.8 Å². The Hall–Kier alpha value is -3.32. The van der Waals surface area contributed by atoms with Crippen molar-refractivity contribution in [2.75, 3.05) is 44.7 Å². The molecule has 1 fully saturated rings. The summed E-state index contributed by atoms with van der Waals surface area (Å²) in [6, 6.07) is 5.95. The Labute approximate surface area is 221 Å². The molecule has 200 valence electrons. The van der Waals surface area contributed by atoms with E-state index in [2.05, 4.69) is 49.9 Å². The SMILES string of the molecule is C/C=C/Cn1cc(-c2cc(C(=O)N3CCNCC3)cc(C)c2N(C)CC)c2cc[nH]c2c1=O.CCCC. The number of hydrogen-bond donors (Lipinski definition) is 2. The number of H-pyrrole nitrogens is 1. The van der Waals surface area contributed by atoms with Crippen LogP contribution in [0.4, 0.5) is 5.69 Å². The van der Waals surface area contributed by atoms with Gasteiger partial charge in [-0.05, 0) is 44.5 Å². The van der Waals surface area contributed by atoms with E-state index in [0.29, 0.717) is 30.7 Å². The third-order valence-corrected chi connectivity index (χ3v) is 6.93. The first-order valence-electron chi connectivity index (χ1n) is 13.6. The maximum atomic E-state index is 13.4. The predicted octanol–water partition coefficient (Wildman–Crippen LogP) is 5.19. The van der Waals surface area contributed by atoms with Gasteiger partial charge in [0.25, 0.3) is 11.5 Å². The molecule has 1 aliphatic rings. The van der Waals surface area contributed by atoms with Gasteiger partial charge in [-0.3, -0.25) is 9.59 Å². The van der Waals surface area contributed by atoms with Crippen molar-refractivity contribution < 1.29 is 4.79 Å². The Balaban J connectivity index is 0.000000886. The molecule has 7 nitrogen and oxygen atoms in total. The molecule has 3 heterocycles. The molecule has 7 heteroatoms. The van der Waals surface area contributed by atoms with Crippen LogP contribution < -0.4 is 15.8 Å². The fraction of sp³-hybridized carbons (Fsp3) is 0.467. The fourth-order valence-corrected chi connectivity index (χ4v) is 4.59. The van der Waals surface area contributed by atoms with Crippen LogP contribution in [0.3, 0.4) is 0 Å². The summed E-state index contributed by atoms with van der Waals surface area (Å²) in [6.07, 6.45) is 10.3. The molecule has 1 amide bonds. The Morgan fingerprint density at radius 1 is 1.11 bits per heavy atom. The molecule has 1 saturated heterocycles. The maximum Gasteiger partial charge on any atom is 0.275 e. The number of aryl methyl sites for hydroxylation is 1. The highest BCUT2D eigenvalue weighted by Gasteiger charge is 2.23. The number of hydrogen-bond acceptors (Lipinski definition) is 4. The minimum atomic E-state index is -0.0491. The fourth-order valence-electron chi connectivity index (χ4n) is 4.59. The Morgan fingerprint density at radius 3 is 2.43 bits per heavy atom. The molecule has 1 aliphatic heterocycles. The van der Waals surface area contributed by atoms with E-state index < -0.39 is 0 Å². The standard InChI is InChI=1S/C26H33N5O2.C4H10/c1-5-7-12-31-17-22(20-8-9-28-23(20)26(31)33)21-16-19(15-18(3)24(21)29(4)6-2)25(32)30-13-10-27-11-14-30;1-3-4-2/h5,7-9,15-17,27-28H,6,10-14H2,1-4H3;3-4H2,1-2H3/b7-5+;. The first-order valence-corrected chi connectivity index (χ1v) is 13.6. The number of aromatic nitrogens is 2. The van der Waals surface area contributed by atoms with Crippen LogP contribution in [0.25, 0.3) is 22.0 Å². The number of unbranched alkanes of at least 4 members (excludes halogenated alkanes) is 1. The highest BCUT2D eigenvalue weighted by molar-refractivity contribution is 6.02. The van der Waals surface area contributed by atoms with Crippen molar-refractivity contribution in [2.24, 2.45) is 0 Å². The van der Waals surface area contributed by atoms with Gasteiger partial charge in [0.15, 0.2) is 0 Å². The average Bonchev–Trinajstić information content (AvgIpc) is 3.43. The zero-order valence-electron chi connectivity index (χ0n) is 23.4. The summed E-state index contributed by atoms with van der Waals surface area (Å²) in [6.45, 7) is 14.8. The van der Waals surface area contributed by atoms with Gasteiger partial charge in [0.05, 0.1) is 0 Å². The third kappa shape index (κ3) is 6.34. The molecule has 0 unspecified atom stereocenters. The van der Waals surface area contributed by atoms with Crippen molar-refractivity contribution in [1.29, 1.82) is 0 Å². The third-order valence-electron chi connectivity index (χ3n) is 6.93. The van der Waals surface area contributed by atoms with Crippen LogP contribution in [0, 0.1) is 6.92 Å². The van der Waals surface area contributed by atoms with Crippen molar-refractivity contribution >= 4 is 22.5 Å². The number of fused-ring (bicyclic) bond motifs is 1. The first kappa shape index (κ1) is 28.3. The molecule has 0 radical (unpaired) electrons. The van der Waals surface area contributed by atoms with Gasteiger partial charge in [-0.2, -0.15) is 0 Å². The normalized spacial score (nSPS) is 13.6. The van der Waals surface area contributed by atoms with Gasteiger partial charge in [-0.15, -0.1) is 0 Å². The van der Waals surface area contributed by atoms with Crippen molar-refractivity contribution in [3.63, 3.8) is 0 Å². The number of carbonyl (C=O) groups is 1. The van der Waals surface area contributed by atoms with Gasteiger partial charge in [0, 0.05) is 86.5 Å². The Morgan fingerprint density at radius 2 is 1.81 bits per heavy atom. The second kappa shape index (κ2) is 13.3. The molecule has 3 aromatic rings. The lowest BCUT2D eigenvalue weighted by atomic mass is 9.95. The molecule has 0 atom stereocenters. The number of allylic oxidation sites excluding steroid dienone is 2. The van der Waals surface area contributed by atoms with Crippen molar-refractivity contribution in [3.8, 4) is 11.1 Å². The monoisotopic (exact) mass is 505 g/mol. The summed E-state index contributed by atoms with van der Waals surface area (Å²) in [5.74, 6) is 0.0547. The molecule has 0 bridgehead atoms. The number of rotatable bonds is 7. The largest absolute Gasteiger partial charge is 0.374 e. The van der Waals surface area contributed by atoms with E-state index in [1.165, 1.54) is 12.8 Å². The molecule has 0 aliphatic carbocycles. The second-order valence-electron chi connectivity index (χ2n) is 9.58. The van der Waals surface area contributed by atoms with E-state index in [1.54, 1.807) is 10.8 Å². The molecular formula is C30H43N5O2. The van der Waals surface area contributed by atoms with E-state index in [-0.39, 0.29) is 11.5 Å². The Kier molecular flexibility index (Phi) is 10.1. The molecule has 0 spiro atoms. The number of nitrogens with one attached hydrogen (secondary N) is 2. The van der Waals surface area contributed by atoms with Gasteiger partial charge < -0.3 is 24.7 Å². The van der Waals surface area contributed by atoms with Crippen LogP contribution in [-0.4, -0.2) is 60.1 Å². The summed E-state index contributed by atoms with van der Waals surface area (Å²) in [4.78, 5) is 33.6. The van der Waals surface area contributed by atoms with Crippen LogP contribution in [0.15, 0.2) is 47.5 Å². The van der Waals surface area contributed by atoms with Crippen molar-refractivity contribution in [3.05, 3.63) is 64.2 Å². The van der Waals surface area contributed by atoms with Gasteiger partial charge in [0.2, 0.25) is 0 Å². The number of pyridine rings is 1. The number of nitrogens with zero attached hydrogens (tertiary/aromatic N) is 3. The molecular weight excluding hydrogens is 462 g/mol. The number of anilines is 1. The molecule has 1 aromatic carbocycles. The minimum Gasteiger partial charge on any atom is -0.374 e. The van der Waals surface area contributed by atoms with Crippen LogP contribution in [0.2, 0.25) is 0 Å². The average molecular weight is 506 g/mol. The Bertz CT molecular complexity index is 1280. The van der Waals surface area contributed by atoms with Gasteiger partial charge in [-0.25, -0.2) is 0 Å². The molecule has 2 aromatic heterocycles. The lowest BCUT2D eigenvalue weighted by Crippen LogP contribution is -2.46. The summed E-state index contributed by atoms with van der Waals surface area (Å²) in [5.41, 5.74) is 5.26. The molecule has 0 saturated carbocycles. The number of benzene rings is 1. The lowest BCUT2D eigenvalue weighted by Gasteiger charge is -2.29. The van der Waals surface area contributed by atoms with E-state index in [4.69, 9.17) is 0 Å². The number of carbonyl (C=O) groups excluding carboxylic acids is 1. The highest BCUT2D eigenvalue weighted by Crippen LogP contribution is 2.38. The van der Waals surface area contributed by atoms with E-state index >= 15 is 0 Å². The van der Waals surface area contributed by atoms with E-state index in [0.717, 1.165) is 47.4 Å². The van der Waals surface area contributed by atoms with Crippen LogP contribution in [0.1, 0.15) is 56.5 Å². The molecule has 37 heavy (non-hydrogen) atoms. The number of aromatic amines is 1. The lowest BCUT2D eigenvalue weighted by molar-refractivity contribution is 0.0736. The first-order chi connectivity index (χ1) is 17.9. The van der Waals surface area contributed by atoms with Crippen LogP contribution in [0.5, 0.6) is 0 Å². The van der Waals surface area contributed by atoms with Crippen LogP contribution >= 0.6 is 0 Å². The minimum absolute atomic E-state index is 0.0491. The summed E-state index contributed by atoms with van der Waals surface area (Å²) in [7, 11) is 2.06. The highest BCUT2D eigenvalue weighted by atomic mass is 16.2. The maximum absolute atomic E-state index is 13.4. The summed E-state index contributed by atoms with van der Waals surface area (Å²) in [5, 5.41) is 4.17. The molecule has 2 N–H and O–H groups in total. The zero-order chi connectivity index (χ0) is 26.9. The number of piperazine rings is 1. The zero-order valence-corrected chi connectivity index (χ0v) is 23.4. The van der Waals surface area contributed by atoms with E-state index in [1.807, 2.05) is 48.4 Å². The topological polar surface area (TPSA) is 73.4 Å². The second-order valence-corrected chi connectivity index (χ2v) is 9.58. The van der Waals surface area contributed by atoms with Crippen molar-refractivity contribution in [2.45, 2.75) is 54.0 Å².